The van der Waals surface area contributed by atoms with Gasteiger partial charge < -0.3 is 16.2 Å². The van der Waals surface area contributed by atoms with E-state index >= 15 is 0 Å². The molecule has 1 atom stereocenters. The van der Waals surface area contributed by atoms with Gasteiger partial charge in [0.05, 0.1) is 7.11 Å². The second-order valence-corrected chi connectivity index (χ2v) is 2.88. The summed E-state index contributed by atoms with van der Waals surface area (Å²) in [7, 11) is 1.30. The molecular formula is C9H13N3O2. The van der Waals surface area contributed by atoms with E-state index in [9.17, 15) is 4.79 Å². The molecule has 76 valence electrons. The van der Waals surface area contributed by atoms with Gasteiger partial charge in [0.2, 0.25) is 0 Å². The third-order valence-electron chi connectivity index (χ3n) is 1.87. The molecule has 0 saturated carbocycles. The number of methoxy groups -OCH3 is 1. The minimum atomic E-state index is -0.688. The number of hydrogen-bond donors (Lipinski definition) is 2. The Kier molecular flexibility index (Phi) is 3.41. The summed E-state index contributed by atoms with van der Waals surface area (Å²) in [5, 5.41) is 0. The number of esters is 1. The normalized spacial score (nSPS) is 12.1. The Hall–Kier alpha value is -1.62. The number of anilines is 1. The number of pyridine rings is 1. The van der Waals surface area contributed by atoms with E-state index in [4.69, 9.17) is 11.5 Å². The van der Waals surface area contributed by atoms with E-state index < -0.39 is 12.0 Å². The molecular weight excluding hydrogens is 182 g/mol. The lowest BCUT2D eigenvalue weighted by molar-refractivity contribution is -0.142. The average molecular weight is 195 g/mol. The maximum atomic E-state index is 11.0. The van der Waals surface area contributed by atoms with Crippen LogP contribution in [0.25, 0.3) is 0 Å². The zero-order valence-electron chi connectivity index (χ0n) is 7.93. The van der Waals surface area contributed by atoms with E-state index in [0.717, 1.165) is 5.56 Å². The van der Waals surface area contributed by atoms with Crippen molar-refractivity contribution in [2.45, 2.75) is 12.5 Å². The van der Waals surface area contributed by atoms with Crippen molar-refractivity contribution in [3.63, 3.8) is 0 Å². The van der Waals surface area contributed by atoms with E-state index in [-0.39, 0.29) is 0 Å². The first-order chi connectivity index (χ1) is 6.65. The summed E-state index contributed by atoms with van der Waals surface area (Å²) in [6.07, 6.45) is 1.93. The predicted octanol–water partition coefficient (Wildman–Crippen LogP) is -0.293. The Morgan fingerprint density at radius 1 is 1.71 bits per heavy atom. The van der Waals surface area contributed by atoms with Crippen LogP contribution < -0.4 is 11.5 Å². The van der Waals surface area contributed by atoms with Gasteiger partial charge in [-0.15, -0.1) is 0 Å². The Morgan fingerprint density at radius 2 is 2.43 bits per heavy atom. The fourth-order valence-corrected chi connectivity index (χ4v) is 1.10. The molecule has 0 aliphatic heterocycles. The number of ether oxygens (including phenoxy) is 1. The summed E-state index contributed by atoms with van der Waals surface area (Å²) < 4.78 is 4.50. The highest BCUT2D eigenvalue weighted by molar-refractivity contribution is 5.76. The molecule has 1 aromatic rings. The van der Waals surface area contributed by atoms with Crippen LogP contribution in [0.1, 0.15) is 5.56 Å². The first-order valence-corrected chi connectivity index (χ1v) is 4.18. The summed E-state index contributed by atoms with van der Waals surface area (Å²) in [6, 6.07) is 2.84. The fourth-order valence-electron chi connectivity index (χ4n) is 1.10. The van der Waals surface area contributed by atoms with E-state index in [0.29, 0.717) is 12.2 Å². The fraction of sp³-hybridized carbons (Fsp3) is 0.333. The van der Waals surface area contributed by atoms with Crippen LogP contribution in [0.4, 0.5) is 5.82 Å². The van der Waals surface area contributed by atoms with Gasteiger partial charge >= 0.3 is 5.97 Å². The third-order valence-corrected chi connectivity index (χ3v) is 1.87. The molecule has 14 heavy (non-hydrogen) atoms. The molecule has 1 aromatic heterocycles. The molecule has 5 heteroatoms. The molecule has 0 amide bonds. The molecule has 0 bridgehead atoms. The predicted molar refractivity (Wildman–Crippen MR) is 52.3 cm³/mol. The smallest absolute Gasteiger partial charge is 0.322 e. The van der Waals surface area contributed by atoms with Crippen molar-refractivity contribution in [2.24, 2.45) is 5.73 Å². The number of rotatable bonds is 3. The highest BCUT2D eigenvalue weighted by atomic mass is 16.5. The highest BCUT2D eigenvalue weighted by Gasteiger charge is 2.15. The summed E-state index contributed by atoms with van der Waals surface area (Å²) >= 11 is 0. The van der Waals surface area contributed by atoms with Gasteiger partial charge in [0.25, 0.3) is 0 Å². The van der Waals surface area contributed by atoms with Crippen molar-refractivity contribution >= 4 is 11.8 Å². The number of carbonyl (C=O) groups excluding carboxylic acids is 1. The molecule has 0 aliphatic carbocycles. The molecule has 0 aromatic carbocycles. The monoisotopic (exact) mass is 195 g/mol. The minimum Gasteiger partial charge on any atom is -0.468 e. The molecule has 1 rings (SSSR count). The van der Waals surface area contributed by atoms with Gasteiger partial charge in [-0.1, -0.05) is 6.07 Å². The van der Waals surface area contributed by atoms with Crippen molar-refractivity contribution < 1.29 is 9.53 Å². The number of nitrogens with zero attached hydrogens (tertiary/aromatic N) is 1. The lowest BCUT2D eigenvalue weighted by Crippen LogP contribution is -2.33. The van der Waals surface area contributed by atoms with Gasteiger partial charge in [0.15, 0.2) is 0 Å². The number of aromatic nitrogens is 1. The zero-order chi connectivity index (χ0) is 10.6. The van der Waals surface area contributed by atoms with Crippen molar-refractivity contribution in [3.8, 4) is 0 Å². The quantitative estimate of drug-likeness (QED) is 0.646. The molecule has 0 radical (unpaired) electrons. The minimum absolute atomic E-state index is 0.340. The van der Waals surface area contributed by atoms with Crippen LogP contribution in [0.3, 0.4) is 0 Å². The second-order valence-electron chi connectivity index (χ2n) is 2.88. The summed E-state index contributed by atoms with van der Waals surface area (Å²) in [5.41, 5.74) is 11.9. The van der Waals surface area contributed by atoms with Crippen molar-refractivity contribution in [2.75, 3.05) is 12.8 Å². The van der Waals surface area contributed by atoms with Crippen molar-refractivity contribution in [3.05, 3.63) is 23.9 Å². The highest BCUT2D eigenvalue weighted by Crippen LogP contribution is 2.09. The van der Waals surface area contributed by atoms with Crippen molar-refractivity contribution in [1.29, 1.82) is 0 Å². The lowest BCUT2D eigenvalue weighted by atomic mass is 10.1. The van der Waals surface area contributed by atoms with Crippen LogP contribution >= 0.6 is 0 Å². The van der Waals surface area contributed by atoms with Gasteiger partial charge in [-0.3, -0.25) is 4.79 Å². The van der Waals surface area contributed by atoms with Gasteiger partial charge in [0.1, 0.15) is 11.9 Å². The molecule has 0 unspecified atom stereocenters. The summed E-state index contributed by atoms with van der Waals surface area (Å²) in [5.74, 6) is -0.0555. The Morgan fingerprint density at radius 3 is 3.00 bits per heavy atom. The molecule has 4 N–H and O–H groups in total. The summed E-state index contributed by atoms with van der Waals surface area (Å²) in [4.78, 5) is 14.9. The summed E-state index contributed by atoms with van der Waals surface area (Å²) in [6.45, 7) is 0. The number of nitrogen functional groups attached to an aromatic ring is 1. The van der Waals surface area contributed by atoms with E-state index in [1.165, 1.54) is 7.11 Å². The topological polar surface area (TPSA) is 91.2 Å². The Bertz CT molecular complexity index is 328. The van der Waals surface area contributed by atoms with Crippen LogP contribution in [-0.4, -0.2) is 24.1 Å². The molecule has 0 saturated heterocycles. The van der Waals surface area contributed by atoms with E-state index in [1.54, 1.807) is 18.3 Å². The van der Waals surface area contributed by atoms with Crippen LogP contribution in [0.2, 0.25) is 0 Å². The number of carbonyl (C=O) groups is 1. The molecule has 0 spiro atoms. The molecule has 5 nitrogen and oxygen atoms in total. The van der Waals surface area contributed by atoms with Gasteiger partial charge in [-0.05, 0) is 11.6 Å². The van der Waals surface area contributed by atoms with Crippen LogP contribution in [0, 0.1) is 0 Å². The molecule has 0 aliphatic rings. The van der Waals surface area contributed by atoms with Crippen LogP contribution in [0.15, 0.2) is 18.3 Å². The van der Waals surface area contributed by atoms with Gasteiger partial charge in [-0.25, -0.2) is 4.98 Å². The first kappa shape index (κ1) is 10.5. The van der Waals surface area contributed by atoms with E-state index in [2.05, 4.69) is 9.72 Å². The zero-order valence-corrected chi connectivity index (χ0v) is 7.93. The van der Waals surface area contributed by atoms with Crippen LogP contribution in [0.5, 0.6) is 0 Å². The Balaban J connectivity index is 2.69. The van der Waals surface area contributed by atoms with Crippen molar-refractivity contribution in [1.82, 2.24) is 4.98 Å². The van der Waals surface area contributed by atoms with Gasteiger partial charge in [-0.2, -0.15) is 0 Å². The lowest BCUT2D eigenvalue weighted by Gasteiger charge is -2.09. The molecule has 1 heterocycles. The standard InChI is InChI=1S/C9H13N3O2/c1-14-9(13)7(10)5-6-3-2-4-12-8(6)11/h2-4,7H,5,10H2,1H3,(H2,11,12)/t7-/m1/s1. The number of hydrogen-bond acceptors (Lipinski definition) is 5. The average Bonchev–Trinajstić information content (AvgIpc) is 2.20. The maximum Gasteiger partial charge on any atom is 0.322 e. The number of nitrogens with two attached hydrogens (primary N) is 2. The molecule has 0 fully saturated rings. The largest absolute Gasteiger partial charge is 0.468 e. The van der Waals surface area contributed by atoms with Crippen LogP contribution in [-0.2, 0) is 16.0 Å². The SMILES string of the molecule is COC(=O)[C@H](N)Cc1cccnc1N. The Labute approximate surface area is 82.1 Å². The van der Waals surface area contributed by atoms with Gasteiger partial charge in [0, 0.05) is 12.6 Å². The van der Waals surface area contributed by atoms with E-state index in [1.807, 2.05) is 0 Å². The second kappa shape index (κ2) is 4.57. The maximum absolute atomic E-state index is 11.0. The first-order valence-electron chi connectivity index (χ1n) is 4.18. The third kappa shape index (κ3) is 2.43.